The van der Waals surface area contributed by atoms with Gasteiger partial charge in [0.2, 0.25) is 0 Å². The van der Waals surface area contributed by atoms with Gasteiger partial charge in [-0.1, -0.05) is 0 Å². The van der Waals surface area contributed by atoms with Gasteiger partial charge >= 0.3 is 0 Å². The Balaban J connectivity index is 1.95. The van der Waals surface area contributed by atoms with E-state index in [1.807, 2.05) is 6.07 Å². The first-order valence-electron chi connectivity index (χ1n) is 6.77. The lowest BCUT2D eigenvalue weighted by molar-refractivity contribution is -0.385. The Morgan fingerprint density at radius 2 is 2.30 bits per heavy atom. The zero-order valence-corrected chi connectivity index (χ0v) is 11.0. The lowest BCUT2D eigenvalue weighted by Crippen LogP contribution is -2.48. The molecular formula is C14H15N3O3. The van der Waals surface area contributed by atoms with E-state index in [2.05, 4.69) is 4.90 Å². The molecule has 2 unspecified atom stereocenters. The third kappa shape index (κ3) is 2.10. The molecule has 1 heterocycles. The van der Waals surface area contributed by atoms with Crippen molar-refractivity contribution in [3.8, 4) is 6.07 Å². The van der Waals surface area contributed by atoms with Crippen LogP contribution < -0.4 is 4.90 Å². The molecule has 1 saturated carbocycles. The van der Waals surface area contributed by atoms with E-state index in [1.54, 1.807) is 6.07 Å². The fraction of sp³-hybridized carbons (Fsp3) is 0.500. The molecule has 1 aromatic rings. The predicted molar refractivity (Wildman–Crippen MR) is 72.5 cm³/mol. The number of rotatable bonds is 2. The predicted octanol–water partition coefficient (Wildman–Crippen LogP) is 2.22. The van der Waals surface area contributed by atoms with Crippen LogP contribution >= 0.6 is 0 Å². The molecule has 1 aliphatic carbocycles. The van der Waals surface area contributed by atoms with Gasteiger partial charge in [0.1, 0.15) is 11.6 Å². The average molecular weight is 273 g/mol. The zero-order chi connectivity index (χ0) is 14.1. The van der Waals surface area contributed by atoms with Gasteiger partial charge in [0, 0.05) is 18.3 Å². The third-order valence-corrected chi connectivity index (χ3v) is 4.11. The molecule has 104 valence electrons. The maximum absolute atomic E-state index is 11.1. The third-order valence-electron chi connectivity index (χ3n) is 4.11. The van der Waals surface area contributed by atoms with Gasteiger partial charge < -0.3 is 9.64 Å². The van der Waals surface area contributed by atoms with Crippen molar-refractivity contribution in [3.05, 3.63) is 33.9 Å². The highest BCUT2D eigenvalue weighted by molar-refractivity contribution is 5.61. The number of morpholine rings is 1. The van der Waals surface area contributed by atoms with Crippen LogP contribution in [-0.4, -0.2) is 30.2 Å². The molecule has 1 saturated heterocycles. The van der Waals surface area contributed by atoms with Gasteiger partial charge in [0.25, 0.3) is 5.69 Å². The van der Waals surface area contributed by atoms with Crippen molar-refractivity contribution in [2.24, 2.45) is 0 Å². The van der Waals surface area contributed by atoms with Crippen LogP contribution in [0.15, 0.2) is 18.2 Å². The number of hydrogen-bond donors (Lipinski definition) is 0. The highest BCUT2D eigenvalue weighted by atomic mass is 16.6. The fourth-order valence-corrected chi connectivity index (χ4v) is 3.19. The first-order chi connectivity index (χ1) is 9.70. The monoisotopic (exact) mass is 273 g/mol. The van der Waals surface area contributed by atoms with E-state index in [1.165, 1.54) is 12.1 Å². The fourth-order valence-electron chi connectivity index (χ4n) is 3.19. The van der Waals surface area contributed by atoms with Crippen molar-refractivity contribution in [1.29, 1.82) is 5.26 Å². The topological polar surface area (TPSA) is 79.4 Å². The van der Waals surface area contributed by atoms with Gasteiger partial charge in [0.05, 0.1) is 23.7 Å². The van der Waals surface area contributed by atoms with Crippen LogP contribution in [-0.2, 0) is 4.74 Å². The Morgan fingerprint density at radius 1 is 1.45 bits per heavy atom. The Labute approximate surface area is 116 Å². The molecule has 6 heteroatoms. The van der Waals surface area contributed by atoms with E-state index in [-0.39, 0.29) is 17.4 Å². The number of nitro benzene ring substituents is 1. The summed E-state index contributed by atoms with van der Waals surface area (Å²) in [5.74, 6) is 0. The number of anilines is 1. The lowest BCUT2D eigenvalue weighted by Gasteiger charge is -2.39. The Morgan fingerprint density at radius 3 is 3.05 bits per heavy atom. The van der Waals surface area contributed by atoms with Crippen LogP contribution in [0.25, 0.3) is 0 Å². The summed E-state index contributed by atoms with van der Waals surface area (Å²) >= 11 is 0. The molecule has 0 amide bonds. The molecule has 0 spiro atoms. The lowest BCUT2D eigenvalue weighted by atomic mass is 10.1. The molecular weight excluding hydrogens is 258 g/mol. The molecule has 3 rings (SSSR count). The summed E-state index contributed by atoms with van der Waals surface area (Å²) in [5, 5.41) is 20.0. The van der Waals surface area contributed by atoms with Gasteiger partial charge in [0.15, 0.2) is 0 Å². The van der Waals surface area contributed by atoms with E-state index in [0.717, 1.165) is 31.5 Å². The number of ether oxygens (including phenoxy) is 1. The number of nitriles is 1. The minimum absolute atomic E-state index is 0.106. The van der Waals surface area contributed by atoms with Gasteiger partial charge in [-0.3, -0.25) is 10.1 Å². The van der Waals surface area contributed by atoms with Gasteiger partial charge in [-0.05, 0) is 31.4 Å². The zero-order valence-electron chi connectivity index (χ0n) is 11.0. The summed E-state index contributed by atoms with van der Waals surface area (Å²) in [4.78, 5) is 12.8. The van der Waals surface area contributed by atoms with Crippen LogP contribution in [0.4, 0.5) is 11.4 Å². The quantitative estimate of drug-likeness (QED) is 0.609. The molecule has 0 radical (unpaired) electrons. The number of benzene rings is 1. The second kappa shape index (κ2) is 5.10. The molecule has 2 aliphatic rings. The van der Waals surface area contributed by atoms with Crippen LogP contribution in [0.2, 0.25) is 0 Å². The minimum Gasteiger partial charge on any atom is -0.374 e. The van der Waals surface area contributed by atoms with E-state index in [9.17, 15) is 10.1 Å². The summed E-state index contributed by atoms with van der Waals surface area (Å²) in [6.45, 7) is 1.39. The largest absolute Gasteiger partial charge is 0.374 e. The molecule has 1 aliphatic heterocycles. The van der Waals surface area contributed by atoms with Gasteiger partial charge in [-0.2, -0.15) is 5.26 Å². The molecule has 2 atom stereocenters. The molecule has 0 bridgehead atoms. The molecule has 0 N–H and O–H groups in total. The molecule has 1 aromatic carbocycles. The second-order valence-corrected chi connectivity index (χ2v) is 5.17. The molecule has 20 heavy (non-hydrogen) atoms. The highest BCUT2D eigenvalue weighted by Gasteiger charge is 2.36. The van der Waals surface area contributed by atoms with Crippen LogP contribution in [0.1, 0.15) is 24.8 Å². The van der Waals surface area contributed by atoms with Crippen LogP contribution in [0.3, 0.4) is 0 Å². The summed E-state index contributed by atoms with van der Waals surface area (Å²) in [5.41, 5.74) is 0.803. The maximum Gasteiger partial charge on any atom is 0.289 e. The number of fused-ring (bicyclic) bond motifs is 1. The van der Waals surface area contributed by atoms with Crippen molar-refractivity contribution >= 4 is 11.4 Å². The summed E-state index contributed by atoms with van der Waals surface area (Å²) in [7, 11) is 0. The SMILES string of the molecule is N#Cc1ccc(N2CCOC3CCCC32)cc1[N+](=O)[O-]. The number of nitro groups is 1. The number of nitrogens with zero attached hydrogens (tertiary/aromatic N) is 3. The Hall–Kier alpha value is -2.13. The average Bonchev–Trinajstić information content (AvgIpc) is 2.94. The smallest absolute Gasteiger partial charge is 0.289 e. The van der Waals surface area contributed by atoms with Crippen molar-refractivity contribution < 1.29 is 9.66 Å². The second-order valence-electron chi connectivity index (χ2n) is 5.17. The standard InChI is InChI=1S/C14H15N3O3/c15-9-10-4-5-11(8-13(10)17(18)19)16-6-7-20-14-3-1-2-12(14)16/h4-5,8,12,14H,1-3,6-7H2. The Kier molecular flexibility index (Phi) is 3.28. The van der Waals surface area contributed by atoms with Crippen molar-refractivity contribution in [3.63, 3.8) is 0 Å². The summed E-state index contributed by atoms with van der Waals surface area (Å²) < 4.78 is 5.75. The van der Waals surface area contributed by atoms with Crippen molar-refractivity contribution in [1.82, 2.24) is 0 Å². The van der Waals surface area contributed by atoms with Crippen molar-refractivity contribution in [2.75, 3.05) is 18.1 Å². The maximum atomic E-state index is 11.1. The first kappa shape index (κ1) is 12.9. The number of hydrogen-bond acceptors (Lipinski definition) is 5. The summed E-state index contributed by atoms with van der Waals surface area (Å²) in [6, 6.07) is 7.02. The first-order valence-corrected chi connectivity index (χ1v) is 6.77. The normalized spacial score (nSPS) is 25.1. The van der Waals surface area contributed by atoms with E-state index in [4.69, 9.17) is 10.00 Å². The van der Waals surface area contributed by atoms with Crippen LogP contribution in [0, 0.1) is 21.4 Å². The van der Waals surface area contributed by atoms with E-state index >= 15 is 0 Å². The molecule has 0 aromatic heterocycles. The molecule has 2 fully saturated rings. The van der Waals surface area contributed by atoms with Gasteiger partial charge in [-0.15, -0.1) is 0 Å². The van der Waals surface area contributed by atoms with Crippen LogP contribution in [0.5, 0.6) is 0 Å². The summed E-state index contributed by atoms with van der Waals surface area (Å²) in [6.07, 6.45) is 3.47. The molecule has 6 nitrogen and oxygen atoms in total. The van der Waals surface area contributed by atoms with E-state index < -0.39 is 4.92 Å². The van der Waals surface area contributed by atoms with E-state index in [0.29, 0.717) is 12.6 Å². The highest BCUT2D eigenvalue weighted by Crippen LogP contribution is 2.35. The van der Waals surface area contributed by atoms with Gasteiger partial charge in [-0.25, -0.2) is 0 Å². The Bertz CT molecular complexity index is 582. The van der Waals surface area contributed by atoms with Crippen molar-refractivity contribution in [2.45, 2.75) is 31.4 Å². The minimum atomic E-state index is -0.491.